The molecule has 0 fully saturated rings. The molecule has 0 aromatic heterocycles. The molecule has 0 saturated heterocycles. The van der Waals surface area contributed by atoms with Gasteiger partial charge in [0.05, 0.1) is 17.6 Å². The molecule has 1 aromatic carbocycles. The Hall–Kier alpha value is -1.56. The molecule has 116 valence electrons. The van der Waals surface area contributed by atoms with Gasteiger partial charge in [-0.25, -0.2) is 4.79 Å². The first-order valence-corrected chi connectivity index (χ1v) is 7.32. The quantitative estimate of drug-likeness (QED) is 0.817. The van der Waals surface area contributed by atoms with Crippen molar-refractivity contribution in [2.45, 2.75) is 38.8 Å². The number of ether oxygens (including phenoxy) is 2. The lowest BCUT2D eigenvalue weighted by Gasteiger charge is -2.23. The van der Waals surface area contributed by atoms with Crippen LogP contribution in [0.2, 0.25) is 0 Å². The number of alkyl carbamates (subject to hydrolysis) is 1. The third-order valence-corrected chi connectivity index (χ3v) is 3.22. The Morgan fingerprint density at radius 2 is 2.10 bits per heavy atom. The van der Waals surface area contributed by atoms with Crippen LogP contribution in [-0.4, -0.2) is 25.1 Å². The number of carbonyl (C=O) groups excluding carboxylic acids is 2. The van der Waals surface area contributed by atoms with Crippen LogP contribution in [0.4, 0.5) is 4.79 Å². The Bertz CT molecular complexity index is 511. The number of nitrogens with one attached hydrogen (secondary N) is 1. The Kier molecular flexibility index (Phi) is 6.20. The van der Waals surface area contributed by atoms with E-state index < -0.39 is 17.7 Å². The predicted octanol–water partition coefficient (Wildman–Crippen LogP) is 3.61. The first-order valence-electron chi connectivity index (χ1n) is 6.53. The summed E-state index contributed by atoms with van der Waals surface area (Å²) < 4.78 is 11.1. The van der Waals surface area contributed by atoms with Crippen molar-refractivity contribution in [3.05, 3.63) is 28.2 Å². The fraction of sp³-hybridized carbons (Fsp3) is 0.467. The molecule has 0 heterocycles. The summed E-state index contributed by atoms with van der Waals surface area (Å²) in [5.74, 6) is 0.681. The Balaban J connectivity index is 2.89. The zero-order chi connectivity index (χ0) is 16.0. The van der Waals surface area contributed by atoms with Gasteiger partial charge in [-0.15, -0.1) is 0 Å². The van der Waals surface area contributed by atoms with Gasteiger partial charge in [-0.3, -0.25) is 0 Å². The van der Waals surface area contributed by atoms with Gasteiger partial charge in [-0.2, -0.15) is 0 Å². The summed E-state index contributed by atoms with van der Waals surface area (Å²) in [4.78, 5) is 22.7. The van der Waals surface area contributed by atoms with Crippen LogP contribution in [0.5, 0.6) is 5.75 Å². The van der Waals surface area contributed by atoms with Crippen LogP contribution in [0, 0.1) is 0 Å². The molecule has 1 atom stereocenters. The van der Waals surface area contributed by atoms with E-state index in [4.69, 9.17) is 9.47 Å². The van der Waals surface area contributed by atoms with E-state index in [-0.39, 0.29) is 6.42 Å². The van der Waals surface area contributed by atoms with Crippen molar-refractivity contribution in [2.75, 3.05) is 7.11 Å². The minimum absolute atomic E-state index is 0.165. The summed E-state index contributed by atoms with van der Waals surface area (Å²) in [6.45, 7) is 5.35. The molecule has 0 bridgehead atoms. The molecule has 0 unspecified atom stereocenters. The number of benzene rings is 1. The SMILES string of the molecule is COc1ccc([C@@H](CC=O)NC(=O)OC(C)(C)C)cc1Br. The van der Waals surface area contributed by atoms with Crippen molar-refractivity contribution < 1.29 is 19.1 Å². The number of halogens is 1. The van der Waals surface area contributed by atoms with Gasteiger partial charge in [0.2, 0.25) is 0 Å². The minimum Gasteiger partial charge on any atom is -0.496 e. The maximum absolute atomic E-state index is 11.8. The van der Waals surface area contributed by atoms with Gasteiger partial charge < -0.3 is 19.6 Å². The summed E-state index contributed by atoms with van der Waals surface area (Å²) in [6.07, 6.45) is 0.374. The smallest absolute Gasteiger partial charge is 0.408 e. The Morgan fingerprint density at radius 1 is 1.43 bits per heavy atom. The highest BCUT2D eigenvalue weighted by molar-refractivity contribution is 9.10. The Labute approximate surface area is 133 Å². The number of rotatable bonds is 5. The first kappa shape index (κ1) is 17.5. The molecule has 0 aliphatic rings. The topological polar surface area (TPSA) is 64.6 Å². The van der Waals surface area contributed by atoms with Crippen molar-refractivity contribution in [1.82, 2.24) is 5.32 Å². The number of amides is 1. The standard InChI is InChI=1S/C15H20BrNO4/c1-15(2,3)21-14(19)17-12(7-8-18)10-5-6-13(20-4)11(16)9-10/h5-6,8-9,12H,7H2,1-4H3,(H,17,19)/t12-/m1/s1. The molecule has 0 radical (unpaired) electrons. The van der Waals surface area contributed by atoms with E-state index in [1.54, 1.807) is 40.0 Å². The largest absolute Gasteiger partial charge is 0.496 e. The molecular weight excluding hydrogens is 338 g/mol. The van der Waals surface area contributed by atoms with Crippen LogP contribution in [-0.2, 0) is 9.53 Å². The average Bonchev–Trinajstić information content (AvgIpc) is 2.36. The van der Waals surface area contributed by atoms with E-state index in [1.807, 2.05) is 6.07 Å². The summed E-state index contributed by atoms with van der Waals surface area (Å²) in [7, 11) is 1.57. The van der Waals surface area contributed by atoms with Gasteiger partial charge in [0.25, 0.3) is 0 Å². The molecule has 0 aliphatic heterocycles. The second-order valence-electron chi connectivity index (χ2n) is 5.50. The van der Waals surface area contributed by atoms with Crippen molar-refractivity contribution in [3.8, 4) is 5.75 Å². The van der Waals surface area contributed by atoms with E-state index >= 15 is 0 Å². The van der Waals surface area contributed by atoms with E-state index in [9.17, 15) is 9.59 Å². The highest BCUT2D eigenvalue weighted by Gasteiger charge is 2.21. The second kappa shape index (κ2) is 7.45. The van der Waals surface area contributed by atoms with Crippen molar-refractivity contribution in [2.24, 2.45) is 0 Å². The molecule has 6 heteroatoms. The molecule has 0 saturated carbocycles. The lowest BCUT2D eigenvalue weighted by molar-refractivity contribution is -0.108. The summed E-state index contributed by atoms with van der Waals surface area (Å²) in [5.41, 5.74) is 0.205. The fourth-order valence-corrected chi connectivity index (χ4v) is 2.28. The van der Waals surface area contributed by atoms with Crippen molar-refractivity contribution in [1.29, 1.82) is 0 Å². The fourth-order valence-electron chi connectivity index (χ4n) is 1.72. The Morgan fingerprint density at radius 3 is 2.57 bits per heavy atom. The molecule has 5 nitrogen and oxygen atoms in total. The lowest BCUT2D eigenvalue weighted by Crippen LogP contribution is -2.35. The molecule has 1 amide bonds. The maximum Gasteiger partial charge on any atom is 0.408 e. The second-order valence-corrected chi connectivity index (χ2v) is 6.35. The van der Waals surface area contributed by atoms with E-state index in [1.165, 1.54) is 0 Å². The number of carbonyl (C=O) groups is 2. The number of methoxy groups -OCH3 is 1. The van der Waals surface area contributed by atoms with E-state index in [2.05, 4.69) is 21.2 Å². The zero-order valence-electron chi connectivity index (χ0n) is 12.6. The molecular formula is C15H20BrNO4. The molecule has 0 spiro atoms. The lowest BCUT2D eigenvalue weighted by atomic mass is 10.0. The van der Waals surface area contributed by atoms with E-state index in [0.29, 0.717) is 5.75 Å². The molecule has 1 aromatic rings. The average molecular weight is 358 g/mol. The van der Waals surface area contributed by atoms with Crippen LogP contribution in [0.25, 0.3) is 0 Å². The third-order valence-electron chi connectivity index (χ3n) is 2.60. The van der Waals surface area contributed by atoms with Gasteiger partial charge in [-0.05, 0) is 54.4 Å². The van der Waals surface area contributed by atoms with Crippen LogP contribution >= 0.6 is 15.9 Å². The van der Waals surface area contributed by atoms with Gasteiger partial charge in [-0.1, -0.05) is 6.07 Å². The number of aldehydes is 1. The molecule has 1 rings (SSSR count). The predicted molar refractivity (Wildman–Crippen MR) is 83.5 cm³/mol. The zero-order valence-corrected chi connectivity index (χ0v) is 14.2. The monoisotopic (exact) mass is 357 g/mol. The van der Waals surface area contributed by atoms with Crippen LogP contribution in [0.15, 0.2) is 22.7 Å². The summed E-state index contributed by atoms with van der Waals surface area (Å²) in [5, 5.41) is 2.70. The number of hydrogen-bond acceptors (Lipinski definition) is 4. The molecule has 0 aliphatic carbocycles. The van der Waals surface area contributed by atoms with Gasteiger partial charge in [0.1, 0.15) is 17.6 Å². The van der Waals surface area contributed by atoms with Crippen LogP contribution in [0.3, 0.4) is 0 Å². The highest BCUT2D eigenvalue weighted by Crippen LogP contribution is 2.29. The number of hydrogen-bond donors (Lipinski definition) is 1. The normalized spacial score (nSPS) is 12.4. The van der Waals surface area contributed by atoms with Crippen molar-refractivity contribution in [3.63, 3.8) is 0 Å². The van der Waals surface area contributed by atoms with Gasteiger partial charge >= 0.3 is 6.09 Å². The van der Waals surface area contributed by atoms with E-state index in [0.717, 1.165) is 16.3 Å². The summed E-state index contributed by atoms with van der Waals surface area (Å²) >= 11 is 3.38. The molecule has 21 heavy (non-hydrogen) atoms. The van der Waals surface area contributed by atoms with Crippen LogP contribution in [0.1, 0.15) is 38.8 Å². The van der Waals surface area contributed by atoms with Gasteiger partial charge in [0, 0.05) is 6.42 Å². The van der Waals surface area contributed by atoms with Crippen LogP contribution < -0.4 is 10.1 Å². The first-order chi connectivity index (χ1) is 9.76. The highest BCUT2D eigenvalue weighted by atomic mass is 79.9. The van der Waals surface area contributed by atoms with Gasteiger partial charge in [0.15, 0.2) is 0 Å². The maximum atomic E-state index is 11.8. The minimum atomic E-state index is -0.587. The third kappa shape index (κ3) is 5.75. The van der Waals surface area contributed by atoms with Crippen molar-refractivity contribution >= 4 is 28.3 Å². The molecule has 1 N–H and O–H groups in total. The summed E-state index contributed by atoms with van der Waals surface area (Å²) in [6, 6.07) is 4.94.